The molecule has 0 amide bonds. The van der Waals surface area contributed by atoms with Crippen LogP contribution in [0.3, 0.4) is 0 Å². The predicted molar refractivity (Wildman–Crippen MR) is 121 cm³/mol. The molecule has 2 aromatic carbocycles. The van der Waals surface area contributed by atoms with Gasteiger partial charge in [0.15, 0.2) is 17.3 Å². The second-order valence-electron chi connectivity index (χ2n) is 8.20. The monoisotopic (exact) mass is 450 g/mol. The maximum absolute atomic E-state index is 13.5. The lowest BCUT2D eigenvalue weighted by molar-refractivity contribution is -0.116. The lowest BCUT2D eigenvalue weighted by Gasteiger charge is -2.34. The molecule has 1 aliphatic heterocycles. The molecule has 2 heterocycles. The Hall–Kier alpha value is -3.25. The van der Waals surface area contributed by atoms with Gasteiger partial charge in [-0.15, -0.1) is 0 Å². The van der Waals surface area contributed by atoms with E-state index in [1.807, 2.05) is 44.2 Å². The van der Waals surface area contributed by atoms with Gasteiger partial charge in [-0.05, 0) is 61.6 Å². The number of anilines is 1. The van der Waals surface area contributed by atoms with E-state index in [1.54, 1.807) is 12.1 Å². The molecule has 0 fully saturated rings. The minimum Gasteiger partial charge on any atom is -0.504 e. The zero-order valence-electron chi connectivity index (χ0n) is 17.8. The molecule has 2 unspecified atom stereocenters. The minimum absolute atomic E-state index is 0.0519. The number of benzene rings is 2. The molecule has 0 saturated carbocycles. The highest BCUT2D eigenvalue weighted by Gasteiger charge is 2.41. The number of rotatable bonds is 4. The summed E-state index contributed by atoms with van der Waals surface area (Å²) >= 11 is 6.05. The van der Waals surface area contributed by atoms with E-state index < -0.39 is 0 Å². The second-order valence-corrected chi connectivity index (χ2v) is 8.64. The molecule has 3 aromatic rings. The predicted octanol–water partition coefficient (Wildman–Crippen LogP) is 5.70. The van der Waals surface area contributed by atoms with Gasteiger partial charge in [0.1, 0.15) is 0 Å². The zero-order valence-corrected chi connectivity index (χ0v) is 18.6. The molecule has 1 aliphatic carbocycles. The standard InChI is InChI=1S/C25H23ClN2O4/c1-3-31-21-12-15(6-9-19(21)29)23-22-13(2)28-32-25(22)27-18-10-16(11-20(30)24(18)23)14-4-7-17(26)8-5-14/h4-9,12,16,23,27,29H,3,10-11H2,1-2H3. The van der Waals surface area contributed by atoms with Crippen molar-refractivity contribution in [3.63, 3.8) is 0 Å². The number of aromatic hydroxyl groups is 1. The van der Waals surface area contributed by atoms with Gasteiger partial charge in [0.05, 0.1) is 17.9 Å². The number of nitrogens with one attached hydrogen (secondary N) is 1. The van der Waals surface area contributed by atoms with Gasteiger partial charge in [-0.25, -0.2) is 0 Å². The molecule has 0 bridgehead atoms. The Balaban J connectivity index is 1.61. The number of nitrogens with zero attached hydrogens (tertiary/aromatic N) is 1. The molecule has 32 heavy (non-hydrogen) atoms. The summed E-state index contributed by atoms with van der Waals surface area (Å²) in [7, 11) is 0. The fourth-order valence-corrected chi connectivity index (χ4v) is 4.88. The maximum Gasteiger partial charge on any atom is 0.233 e. The van der Waals surface area contributed by atoms with Crippen molar-refractivity contribution >= 4 is 23.3 Å². The van der Waals surface area contributed by atoms with Crippen molar-refractivity contribution in [3.8, 4) is 11.5 Å². The van der Waals surface area contributed by atoms with Crippen molar-refractivity contribution in [2.75, 3.05) is 11.9 Å². The normalized spacial score (nSPS) is 19.9. The first-order valence-corrected chi connectivity index (χ1v) is 11.0. The Morgan fingerprint density at radius 3 is 2.69 bits per heavy atom. The Kier molecular flexibility index (Phi) is 5.18. The van der Waals surface area contributed by atoms with Crippen molar-refractivity contribution in [1.29, 1.82) is 0 Å². The quantitative estimate of drug-likeness (QED) is 0.530. The number of allylic oxidation sites excluding steroid dienone is 2. The molecule has 0 saturated heterocycles. The lowest BCUT2D eigenvalue weighted by atomic mass is 9.72. The number of halogens is 1. The first-order valence-electron chi connectivity index (χ1n) is 10.7. The minimum atomic E-state index is -0.342. The van der Waals surface area contributed by atoms with Crippen LogP contribution in [-0.4, -0.2) is 22.7 Å². The first-order chi connectivity index (χ1) is 15.5. The smallest absolute Gasteiger partial charge is 0.233 e. The van der Waals surface area contributed by atoms with Crippen molar-refractivity contribution in [1.82, 2.24) is 5.16 Å². The van der Waals surface area contributed by atoms with Crippen molar-refractivity contribution < 1.29 is 19.2 Å². The fraction of sp³-hybridized carbons (Fsp3) is 0.280. The van der Waals surface area contributed by atoms with Crippen LogP contribution >= 0.6 is 11.6 Å². The van der Waals surface area contributed by atoms with Crippen LogP contribution in [0.1, 0.15) is 54.0 Å². The Morgan fingerprint density at radius 2 is 1.94 bits per heavy atom. The molecule has 7 heteroatoms. The van der Waals surface area contributed by atoms with Gasteiger partial charge in [-0.2, -0.15) is 0 Å². The van der Waals surface area contributed by atoms with Gasteiger partial charge < -0.3 is 19.7 Å². The molecule has 2 atom stereocenters. The highest BCUT2D eigenvalue weighted by atomic mass is 35.5. The molecule has 6 nitrogen and oxygen atoms in total. The van der Waals surface area contributed by atoms with Crippen LogP contribution in [0.2, 0.25) is 5.02 Å². The topological polar surface area (TPSA) is 84.6 Å². The maximum atomic E-state index is 13.5. The summed E-state index contributed by atoms with van der Waals surface area (Å²) in [4.78, 5) is 13.5. The van der Waals surface area contributed by atoms with E-state index in [-0.39, 0.29) is 23.4 Å². The van der Waals surface area contributed by atoms with Crippen LogP contribution in [0.4, 0.5) is 5.88 Å². The lowest BCUT2D eigenvalue weighted by Crippen LogP contribution is -2.29. The average molecular weight is 451 g/mol. The fourth-order valence-electron chi connectivity index (χ4n) is 4.76. The second kappa shape index (κ2) is 8.02. The largest absolute Gasteiger partial charge is 0.504 e. The molecule has 164 valence electrons. The third-order valence-corrected chi connectivity index (χ3v) is 6.47. The molecule has 1 aromatic heterocycles. The van der Waals surface area contributed by atoms with Crippen LogP contribution in [0.25, 0.3) is 0 Å². The van der Waals surface area contributed by atoms with Gasteiger partial charge >= 0.3 is 0 Å². The van der Waals surface area contributed by atoms with E-state index in [9.17, 15) is 9.90 Å². The average Bonchev–Trinajstić information content (AvgIpc) is 3.15. The number of carbonyl (C=O) groups excluding carboxylic acids is 1. The summed E-state index contributed by atoms with van der Waals surface area (Å²) in [5.74, 6) is 0.812. The highest BCUT2D eigenvalue weighted by molar-refractivity contribution is 6.30. The summed E-state index contributed by atoms with van der Waals surface area (Å²) in [6.07, 6.45) is 1.09. The van der Waals surface area contributed by atoms with Crippen molar-refractivity contribution in [2.24, 2.45) is 0 Å². The number of ketones is 1. The van der Waals surface area contributed by atoms with Crippen LogP contribution in [-0.2, 0) is 4.79 Å². The number of hydrogen-bond acceptors (Lipinski definition) is 6. The summed E-state index contributed by atoms with van der Waals surface area (Å²) < 4.78 is 11.2. The molecule has 5 rings (SSSR count). The molecule has 0 radical (unpaired) electrons. The van der Waals surface area contributed by atoms with Crippen molar-refractivity contribution in [2.45, 2.75) is 38.5 Å². The number of fused-ring (bicyclic) bond motifs is 1. The summed E-state index contributed by atoms with van der Waals surface area (Å²) in [5.41, 5.74) is 5.07. The number of hydrogen-bond donors (Lipinski definition) is 2. The molecule has 2 aliphatic rings. The molecular weight excluding hydrogens is 428 g/mol. The van der Waals surface area contributed by atoms with E-state index >= 15 is 0 Å². The summed E-state index contributed by atoms with van der Waals surface area (Å²) in [6, 6.07) is 12.9. The number of ether oxygens (including phenoxy) is 1. The summed E-state index contributed by atoms with van der Waals surface area (Å²) in [5, 5.41) is 18.3. The van der Waals surface area contributed by atoms with Gasteiger partial charge in [0.25, 0.3) is 0 Å². The number of aromatic nitrogens is 1. The van der Waals surface area contributed by atoms with Crippen LogP contribution in [0.15, 0.2) is 58.3 Å². The Labute approximate surface area is 190 Å². The SMILES string of the molecule is CCOc1cc(C2C3=C(CC(c4ccc(Cl)cc4)CC3=O)Nc3onc(C)c32)ccc1O. The van der Waals surface area contributed by atoms with Crippen molar-refractivity contribution in [3.05, 3.63) is 81.1 Å². The number of aryl methyl sites for hydroxylation is 1. The van der Waals surface area contributed by atoms with E-state index in [0.717, 1.165) is 33.7 Å². The van der Waals surface area contributed by atoms with Gasteiger partial charge in [-0.3, -0.25) is 4.79 Å². The van der Waals surface area contributed by atoms with E-state index in [1.165, 1.54) is 0 Å². The zero-order chi connectivity index (χ0) is 22.4. The third kappa shape index (κ3) is 3.45. The molecule has 0 spiro atoms. The number of phenols is 1. The van der Waals surface area contributed by atoms with Gasteiger partial charge in [-0.1, -0.05) is 35.0 Å². The van der Waals surface area contributed by atoms with Crippen LogP contribution < -0.4 is 10.1 Å². The van der Waals surface area contributed by atoms with E-state index in [4.69, 9.17) is 20.9 Å². The Morgan fingerprint density at radius 1 is 1.19 bits per heavy atom. The molecule has 2 N–H and O–H groups in total. The van der Waals surface area contributed by atoms with Gasteiger partial charge in [0.2, 0.25) is 5.88 Å². The van der Waals surface area contributed by atoms with E-state index in [0.29, 0.717) is 36.1 Å². The number of phenolic OH excluding ortho intramolecular Hbond substituents is 1. The van der Waals surface area contributed by atoms with Crippen LogP contribution in [0, 0.1) is 6.92 Å². The first kappa shape index (κ1) is 20.6. The van der Waals surface area contributed by atoms with Crippen LogP contribution in [0.5, 0.6) is 11.5 Å². The number of carbonyl (C=O) groups is 1. The molecular formula is C25H23ClN2O4. The number of Topliss-reactive ketones (excluding diaryl/α,β-unsaturated/α-hetero) is 1. The van der Waals surface area contributed by atoms with Gasteiger partial charge in [0, 0.05) is 28.6 Å². The highest BCUT2D eigenvalue weighted by Crippen LogP contribution is 2.49. The Bertz CT molecular complexity index is 1230. The third-order valence-electron chi connectivity index (χ3n) is 6.22. The van der Waals surface area contributed by atoms with E-state index in [2.05, 4.69) is 10.5 Å². The summed E-state index contributed by atoms with van der Waals surface area (Å²) in [6.45, 7) is 4.16.